The van der Waals surface area contributed by atoms with Crippen LogP contribution in [0.4, 0.5) is 5.69 Å². The van der Waals surface area contributed by atoms with Crippen molar-refractivity contribution in [3.8, 4) is 5.75 Å². The Balaban J connectivity index is 1.33. The molecule has 3 amide bonds. The van der Waals surface area contributed by atoms with Crippen LogP contribution in [-0.2, 0) is 14.4 Å². The summed E-state index contributed by atoms with van der Waals surface area (Å²) in [6.07, 6.45) is 1.30. The minimum Gasteiger partial charge on any atom is -0.477 e. The van der Waals surface area contributed by atoms with E-state index in [-0.39, 0.29) is 30.9 Å². The van der Waals surface area contributed by atoms with Crippen LogP contribution in [-0.4, -0.2) is 85.0 Å². The first kappa shape index (κ1) is 20.6. The van der Waals surface area contributed by atoms with Crippen molar-refractivity contribution in [3.05, 3.63) is 24.3 Å². The molecular weight excluding hydrogens is 386 g/mol. The van der Waals surface area contributed by atoms with Crippen molar-refractivity contribution in [2.45, 2.75) is 38.0 Å². The Kier molecular flexibility index (Phi) is 5.92. The molecule has 9 nitrogen and oxygen atoms in total. The van der Waals surface area contributed by atoms with Gasteiger partial charge in [-0.1, -0.05) is 12.1 Å². The second-order valence-corrected chi connectivity index (χ2v) is 8.25. The van der Waals surface area contributed by atoms with E-state index < -0.39 is 12.0 Å². The summed E-state index contributed by atoms with van der Waals surface area (Å²) in [5.74, 6) is -0.106. The van der Waals surface area contributed by atoms with Crippen molar-refractivity contribution in [2.75, 3.05) is 44.2 Å². The number of fused-ring (bicyclic) bond motifs is 1. The Bertz CT molecular complexity index is 819. The van der Waals surface area contributed by atoms with Crippen molar-refractivity contribution in [1.29, 1.82) is 0 Å². The molecule has 0 bridgehead atoms. The van der Waals surface area contributed by atoms with E-state index in [0.29, 0.717) is 30.6 Å². The number of benzene rings is 1. The number of nitrogens with two attached hydrogens (primary N) is 1. The standard InChI is InChI=1S/C21H29N5O4/c1-14(21(29)23-15-6-7-15)25-10-8-24(9-11-25)13-19(27)26-12-18(20(22)28)30-17-5-3-2-4-16(17)26/h2-5,14-15,18H,6-13H2,1H3,(H2,22,28)(H,23,29). The molecular formula is C21H29N5O4. The number of carbonyl (C=O) groups excluding carboxylic acids is 3. The SMILES string of the molecule is CC(C(=O)NC1CC1)N1CCN(CC(=O)N2CC(C(N)=O)Oc3ccccc32)CC1. The number of ether oxygens (including phenoxy) is 1. The van der Waals surface area contributed by atoms with Gasteiger partial charge in [0.15, 0.2) is 6.10 Å². The van der Waals surface area contributed by atoms with Gasteiger partial charge in [-0.15, -0.1) is 0 Å². The molecule has 4 rings (SSSR count). The number of nitrogens with zero attached hydrogens (tertiary/aromatic N) is 3. The molecule has 0 spiro atoms. The average Bonchev–Trinajstić information content (AvgIpc) is 3.56. The Hall–Kier alpha value is -2.65. The molecule has 30 heavy (non-hydrogen) atoms. The number of hydrogen-bond acceptors (Lipinski definition) is 6. The maximum absolute atomic E-state index is 13.0. The van der Waals surface area contributed by atoms with E-state index in [0.717, 1.165) is 25.9 Å². The van der Waals surface area contributed by atoms with Crippen molar-refractivity contribution in [2.24, 2.45) is 5.73 Å². The van der Waals surface area contributed by atoms with Crippen molar-refractivity contribution < 1.29 is 19.1 Å². The molecule has 1 aliphatic carbocycles. The van der Waals surface area contributed by atoms with E-state index in [2.05, 4.69) is 15.1 Å². The first-order valence-electron chi connectivity index (χ1n) is 10.5. The molecule has 2 unspecified atom stereocenters. The summed E-state index contributed by atoms with van der Waals surface area (Å²) in [5, 5.41) is 3.06. The van der Waals surface area contributed by atoms with Crippen LogP contribution >= 0.6 is 0 Å². The fraction of sp³-hybridized carbons (Fsp3) is 0.571. The molecule has 1 aromatic rings. The van der Waals surface area contributed by atoms with Crippen LogP contribution in [0.5, 0.6) is 5.75 Å². The smallest absolute Gasteiger partial charge is 0.260 e. The summed E-state index contributed by atoms with van der Waals surface area (Å²) in [4.78, 5) is 42.8. The molecule has 1 saturated carbocycles. The number of nitrogens with one attached hydrogen (secondary N) is 1. The van der Waals surface area contributed by atoms with E-state index in [4.69, 9.17) is 10.5 Å². The second kappa shape index (κ2) is 8.61. The van der Waals surface area contributed by atoms with Gasteiger partial charge in [0, 0.05) is 32.2 Å². The van der Waals surface area contributed by atoms with Crippen molar-refractivity contribution >= 4 is 23.4 Å². The zero-order chi connectivity index (χ0) is 21.3. The molecule has 2 fully saturated rings. The molecule has 2 heterocycles. The van der Waals surface area contributed by atoms with Gasteiger partial charge in [-0.3, -0.25) is 24.2 Å². The van der Waals surface area contributed by atoms with Crippen LogP contribution in [0.2, 0.25) is 0 Å². The Morgan fingerprint density at radius 3 is 2.53 bits per heavy atom. The minimum absolute atomic E-state index is 0.0874. The first-order chi connectivity index (χ1) is 14.4. The highest BCUT2D eigenvalue weighted by Crippen LogP contribution is 2.33. The third-order valence-corrected chi connectivity index (χ3v) is 6.01. The summed E-state index contributed by atoms with van der Waals surface area (Å²) >= 11 is 0. The number of rotatable bonds is 6. The molecule has 3 aliphatic rings. The highest BCUT2D eigenvalue weighted by molar-refractivity contribution is 5.98. The third kappa shape index (κ3) is 4.57. The normalized spacial score (nSPS) is 23.2. The topological polar surface area (TPSA) is 108 Å². The summed E-state index contributed by atoms with van der Waals surface area (Å²) in [6, 6.07) is 7.37. The van der Waals surface area contributed by atoms with Gasteiger partial charge in [-0.2, -0.15) is 0 Å². The molecule has 1 aromatic carbocycles. The van der Waals surface area contributed by atoms with Crippen LogP contribution in [0.1, 0.15) is 19.8 Å². The lowest BCUT2D eigenvalue weighted by molar-refractivity contribution is -0.128. The lowest BCUT2D eigenvalue weighted by Gasteiger charge is -2.39. The lowest BCUT2D eigenvalue weighted by Crippen LogP contribution is -2.56. The molecule has 0 aromatic heterocycles. The average molecular weight is 415 g/mol. The maximum atomic E-state index is 13.0. The van der Waals surface area contributed by atoms with Gasteiger partial charge < -0.3 is 20.7 Å². The van der Waals surface area contributed by atoms with E-state index in [1.165, 1.54) is 0 Å². The molecule has 9 heteroatoms. The third-order valence-electron chi connectivity index (χ3n) is 6.01. The van der Waals surface area contributed by atoms with Gasteiger partial charge in [0.2, 0.25) is 11.8 Å². The lowest BCUT2D eigenvalue weighted by atomic mass is 10.1. The number of para-hydroxylation sites is 2. The molecule has 3 N–H and O–H groups in total. The molecule has 2 atom stereocenters. The second-order valence-electron chi connectivity index (χ2n) is 8.25. The van der Waals surface area contributed by atoms with Gasteiger partial charge in [-0.05, 0) is 31.9 Å². The van der Waals surface area contributed by atoms with Gasteiger partial charge in [0.05, 0.1) is 24.8 Å². The van der Waals surface area contributed by atoms with Gasteiger partial charge in [0.25, 0.3) is 5.91 Å². The Morgan fingerprint density at radius 2 is 1.87 bits per heavy atom. The van der Waals surface area contributed by atoms with Crippen molar-refractivity contribution in [3.63, 3.8) is 0 Å². The predicted molar refractivity (Wildman–Crippen MR) is 111 cm³/mol. The van der Waals surface area contributed by atoms with E-state index in [1.807, 2.05) is 19.1 Å². The summed E-state index contributed by atoms with van der Waals surface area (Å²) < 4.78 is 5.63. The zero-order valence-corrected chi connectivity index (χ0v) is 17.3. The fourth-order valence-corrected chi connectivity index (χ4v) is 3.92. The quantitative estimate of drug-likeness (QED) is 0.652. The van der Waals surface area contributed by atoms with Gasteiger partial charge in [0.1, 0.15) is 5.75 Å². The van der Waals surface area contributed by atoms with E-state index in [9.17, 15) is 14.4 Å². The van der Waals surface area contributed by atoms with Gasteiger partial charge >= 0.3 is 0 Å². The number of anilines is 1. The Labute approximate surface area is 176 Å². The highest BCUT2D eigenvalue weighted by Gasteiger charge is 2.34. The zero-order valence-electron chi connectivity index (χ0n) is 17.3. The monoisotopic (exact) mass is 415 g/mol. The molecule has 1 saturated heterocycles. The fourth-order valence-electron chi connectivity index (χ4n) is 3.92. The number of hydrogen-bond donors (Lipinski definition) is 2. The maximum Gasteiger partial charge on any atom is 0.260 e. The van der Waals surface area contributed by atoms with Crippen LogP contribution < -0.4 is 20.7 Å². The number of primary amides is 1. The molecule has 0 radical (unpaired) electrons. The molecule has 162 valence electrons. The Morgan fingerprint density at radius 1 is 1.17 bits per heavy atom. The first-order valence-corrected chi connectivity index (χ1v) is 10.5. The van der Waals surface area contributed by atoms with Crippen molar-refractivity contribution in [1.82, 2.24) is 15.1 Å². The summed E-state index contributed by atoms with van der Waals surface area (Å²) in [6.45, 7) is 5.18. The largest absolute Gasteiger partial charge is 0.477 e. The highest BCUT2D eigenvalue weighted by atomic mass is 16.5. The van der Waals surface area contributed by atoms with Crippen LogP contribution in [0, 0.1) is 0 Å². The number of piperazine rings is 1. The van der Waals surface area contributed by atoms with Gasteiger partial charge in [-0.25, -0.2) is 0 Å². The van der Waals surface area contributed by atoms with Crippen LogP contribution in [0.25, 0.3) is 0 Å². The molecule has 2 aliphatic heterocycles. The minimum atomic E-state index is -0.855. The number of carbonyl (C=O) groups is 3. The van der Waals surface area contributed by atoms with E-state index in [1.54, 1.807) is 17.0 Å². The van der Waals surface area contributed by atoms with Crippen LogP contribution in [0.15, 0.2) is 24.3 Å². The summed E-state index contributed by atoms with van der Waals surface area (Å²) in [5.41, 5.74) is 6.08. The number of amides is 3. The predicted octanol–water partition coefficient (Wildman–Crippen LogP) is -0.449. The van der Waals surface area contributed by atoms with E-state index >= 15 is 0 Å². The van der Waals surface area contributed by atoms with Crippen LogP contribution in [0.3, 0.4) is 0 Å². The summed E-state index contributed by atoms with van der Waals surface area (Å²) in [7, 11) is 0.